The number of ether oxygens (including phenoxy) is 1. The molecular formula is C29H35F3N3O2PS. The van der Waals surface area contributed by atoms with E-state index in [1.165, 1.54) is 18.4 Å². The van der Waals surface area contributed by atoms with Gasteiger partial charge in [-0.25, -0.2) is 0 Å². The first-order valence-electron chi connectivity index (χ1n) is 12.9. The lowest BCUT2D eigenvalue weighted by Crippen LogP contribution is -2.43. The minimum atomic E-state index is -4.35. The van der Waals surface area contributed by atoms with Crippen molar-refractivity contribution < 1.29 is 22.5 Å². The van der Waals surface area contributed by atoms with Crippen molar-refractivity contribution in [2.75, 3.05) is 57.8 Å². The van der Waals surface area contributed by atoms with Gasteiger partial charge < -0.3 is 24.8 Å². The number of fused-ring (bicyclic) bond motifs is 1. The van der Waals surface area contributed by atoms with Crippen LogP contribution in [0.15, 0.2) is 36.4 Å². The maximum atomic E-state index is 13.6. The minimum absolute atomic E-state index is 0.212. The third kappa shape index (κ3) is 7.30. The van der Waals surface area contributed by atoms with Crippen LogP contribution in [0.1, 0.15) is 23.8 Å². The number of anilines is 2. The van der Waals surface area contributed by atoms with Crippen molar-refractivity contribution in [1.82, 2.24) is 4.90 Å². The second-order valence-corrected chi connectivity index (χ2v) is 14.8. The number of nitrogens with zero attached hydrogens (tertiary/aromatic N) is 1. The Morgan fingerprint density at radius 3 is 2.64 bits per heavy atom. The van der Waals surface area contributed by atoms with E-state index < -0.39 is 19.7 Å². The Balaban J connectivity index is 1.60. The molecule has 0 amide bonds. The van der Waals surface area contributed by atoms with E-state index in [0.29, 0.717) is 32.9 Å². The summed E-state index contributed by atoms with van der Waals surface area (Å²) >= 11 is 1.31. The number of rotatable bonds is 7. The predicted molar refractivity (Wildman–Crippen MR) is 158 cm³/mol. The summed E-state index contributed by atoms with van der Waals surface area (Å²) in [6.45, 7) is 7.76. The lowest BCUT2D eigenvalue weighted by atomic mass is 9.94. The second-order valence-electron chi connectivity index (χ2n) is 10.6. The molecule has 1 aliphatic rings. The molecule has 0 aliphatic carbocycles. The van der Waals surface area contributed by atoms with Gasteiger partial charge in [0.2, 0.25) is 0 Å². The van der Waals surface area contributed by atoms with Crippen molar-refractivity contribution >= 4 is 45.2 Å². The molecule has 2 heterocycles. The molecule has 2 N–H and O–H groups in total. The van der Waals surface area contributed by atoms with Crippen LogP contribution in [0.3, 0.4) is 0 Å². The molecular weight excluding hydrogens is 542 g/mol. The first-order valence-corrected chi connectivity index (χ1v) is 16.3. The molecule has 1 fully saturated rings. The number of nitrogens with one attached hydrogen (secondary N) is 2. The largest absolute Gasteiger partial charge is 0.495 e. The fraction of sp³-hybridized carbons (Fsp3) is 0.448. The Labute approximate surface area is 232 Å². The number of alkyl halides is 3. The Morgan fingerprint density at radius 1 is 1.21 bits per heavy atom. The maximum Gasteiger partial charge on any atom is 0.393 e. The van der Waals surface area contributed by atoms with E-state index in [2.05, 4.69) is 41.3 Å². The molecule has 3 aromatic rings. The molecule has 5 nitrogen and oxygen atoms in total. The number of thiophene rings is 1. The van der Waals surface area contributed by atoms with Crippen LogP contribution in [0, 0.1) is 17.8 Å². The van der Waals surface area contributed by atoms with E-state index in [-0.39, 0.29) is 18.2 Å². The molecule has 2 aromatic carbocycles. The first kappa shape index (κ1) is 29.3. The second kappa shape index (κ2) is 11.8. The predicted octanol–water partition coefficient (Wildman–Crippen LogP) is 6.48. The van der Waals surface area contributed by atoms with Crippen molar-refractivity contribution in [1.29, 1.82) is 0 Å². The third-order valence-corrected chi connectivity index (χ3v) is 9.74. The normalized spacial score (nSPS) is 18.5. The SMILES string of the molecule is COc1cc(P(C)(C)=O)ccc1NCC#Cc1sc2c(NC3CCN(C)CC3C)cccc2c1CC(F)(F)F. The molecule has 0 spiro atoms. The van der Waals surface area contributed by atoms with Gasteiger partial charge in [0.25, 0.3) is 0 Å². The molecule has 2 unspecified atom stereocenters. The van der Waals surface area contributed by atoms with Gasteiger partial charge in [0, 0.05) is 17.9 Å². The Hall–Kier alpha value is -2.66. The lowest BCUT2D eigenvalue weighted by molar-refractivity contribution is -0.126. The quantitative estimate of drug-likeness (QED) is 0.249. The van der Waals surface area contributed by atoms with E-state index in [4.69, 9.17) is 4.74 Å². The number of likely N-dealkylation sites (tertiary alicyclic amines) is 1. The van der Waals surface area contributed by atoms with E-state index >= 15 is 0 Å². The van der Waals surface area contributed by atoms with Gasteiger partial charge in [-0.15, -0.1) is 11.3 Å². The third-order valence-electron chi connectivity index (χ3n) is 7.02. The van der Waals surface area contributed by atoms with Gasteiger partial charge >= 0.3 is 6.18 Å². The monoisotopic (exact) mass is 577 g/mol. The molecule has 2 atom stereocenters. The van der Waals surface area contributed by atoms with Gasteiger partial charge in [0.1, 0.15) is 12.9 Å². The Kier molecular flexibility index (Phi) is 8.90. The summed E-state index contributed by atoms with van der Waals surface area (Å²) in [7, 11) is 1.20. The number of benzene rings is 2. The summed E-state index contributed by atoms with van der Waals surface area (Å²) in [6.07, 6.45) is -4.39. The molecule has 1 aliphatic heterocycles. The molecule has 0 bridgehead atoms. The highest BCUT2D eigenvalue weighted by molar-refractivity contribution is 7.70. The molecule has 10 heteroatoms. The summed E-state index contributed by atoms with van der Waals surface area (Å²) in [4.78, 5) is 2.73. The summed E-state index contributed by atoms with van der Waals surface area (Å²) in [6, 6.07) is 11.1. The van der Waals surface area contributed by atoms with E-state index in [1.807, 2.05) is 12.1 Å². The van der Waals surface area contributed by atoms with Gasteiger partial charge in [0.05, 0.1) is 41.0 Å². The van der Waals surface area contributed by atoms with Crippen LogP contribution in [0.25, 0.3) is 10.1 Å². The fourth-order valence-electron chi connectivity index (χ4n) is 4.95. The Bertz CT molecular complexity index is 1440. The van der Waals surface area contributed by atoms with Crippen molar-refractivity contribution in [3.8, 4) is 17.6 Å². The highest BCUT2D eigenvalue weighted by atomic mass is 32.1. The van der Waals surface area contributed by atoms with Crippen LogP contribution < -0.4 is 20.7 Å². The van der Waals surface area contributed by atoms with Crippen LogP contribution >= 0.6 is 18.5 Å². The van der Waals surface area contributed by atoms with Gasteiger partial charge in [-0.3, -0.25) is 0 Å². The Morgan fingerprint density at radius 2 is 1.97 bits per heavy atom. The topological polar surface area (TPSA) is 53.6 Å². The molecule has 4 rings (SSSR count). The number of hydrogen-bond acceptors (Lipinski definition) is 6. The summed E-state index contributed by atoms with van der Waals surface area (Å²) < 4.78 is 59.4. The van der Waals surface area contributed by atoms with Gasteiger partial charge in [-0.05, 0) is 74.5 Å². The van der Waals surface area contributed by atoms with Crippen molar-refractivity contribution in [2.45, 2.75) is 32.0 Å². The average Bonchev–Trinajstić information content (AvgIpc) is 3.19. The lowest BCUT2D eigenvalue weighted by Gasteiger charge is -2.35. The molecule has 39 heavy (non-hydrogen) atoms. The molecule has 210 valence electrons. The molecule has 0 saturated carbocycles. The number of halogens is 3. The zero-order chi connectivity index (χ0) is 28.4. The van der Waals surface area contributed by atoms with Crippen molar-refractivity contribution in [3.63, 3.8) is 0 Å². The molecule has 1 aromatic heterocycles. The highest BCUT2D eigenvalue weighted by Gasteiger charge is 2.31. The van der Waals surface area contributed by atoms with Crippen LogP contribution in [0.5, 0.6) is 5.75 Å². The van der Waals surface area contributed by atoms with Gasteiger partial charge in [0.15, 0.2) is 0 Å². The first-order chi connectivity index (χ1) is 18.4. The zero-order valence-corrected chi connectivity index (χ0v) is 24.6. The van der Waals surface area contributed by atoms with Crippen molar-refractivity contribution in [3.05, 3.63) is 46.8 Å². The average molecular weight is 578 g/mol. The van der Waals surface area contributed by atoms with Crippen LogP contribution in [0.4, 0.5) is 24.5 Å². The maximum absolute atomic E-state index is 13.6. The van der Waals surface area contributed by atoms with Crippen LogP contribution in [0.2, 0.25) is 0 Å². The van der Waals surface area contributed by atoms with Gasteiger partial charge in [-0.2, -0.15) is 13.2 Å². The summed E-state index contributed by atoms with van der Waals surface area (Å²) in [5.41, 5.74) is 1.76. The van der Waals surface area contributed by atoms with Crippen LogP contribution in [-0.2, 0) is 11.0 Å². The number of hydrogen-bond donors (Lipinski definition) is 2. The van der Waals surface area contributed by atoms with E-state index in [0.717, 1.165) is 29.9 Å². The smallest absolute Gasteiger partial charge is 0.393 e. The minimum Gasteiger partial charge on any atom is -0.495 e. The molecule has 0 radical (unpaired) electrons. The van der Waals surface area contributed by atoms with Crippen LogP contribution in [-0.4, -0.2) is 64.2 Å². The number of methoxy groups -OCH3 is 1. The summed E-state index contributed by atoms with van der Waals surface area (Å²) in [5.74, 6) is 6.95. The van der Waals surface area contributed by atoms with E-state index in [9.17, 15) is 17.7 Å². The van der Waals surface area contributed by atoms with Gasteiger partial charge in [-0.1, -0.05) is 30.9 Å². The molecule has 1 saturated heterocycles. The zero-order valence-electron chi connectivity index (χ0n) is 22.9. The van der Waals surface area contributed by atoms with E-state index in [1.54, 1.807) is 37.6 Å². The number of piperidine rings is 1. The highest BCUT2D eigenvalue weighted by Crippen LogP contribution is 2.40. The standard InChI is InChI=1S/C29H35F3N3O2PS/c1-19-18-35(2)15-13-23(19)34-25-9-6-8-21-22(17-29(30,31)32)27(39-28(21)25)10-7-14-33-24-12-11-20(38(4,5)36)16-26(24)37-3/h6,8-9,11-12,16,19,23,33-34H,13-15,17-18H2,1-5H3. The summed E-state index contributed by atoms with van der Waals surface area (Å²) in [5, 5.41) is 8.09. The fourth-order valence-corrected chi connectivity index (χ4v) is 6.99. The van der Waals surface area contributed by atoms with Crippen molar-refractivity contribution in [2.24, 2.45) is 5.92 Å².